The molecule has 140 valence electrons. The van der Waals surface area contributed by atoms with Gasteiger partial charge < -0.3 is 4.57 Å². The molecule has 1 aliphatic rings. The van der Waals surface area contributed by atoms with Crippen LogP contribution in [0.5, 0.6) is 0 Å². The van der Waals surface area contributed by atoms with E-state index in [4.69, 9.17) is 21.7 Å². The van der Waals surface area contributed by atoms with Gasteiger partial charge in [0.2, 0.25) is 5.16 Å². The van der Waals surface area contributed by atoms with Crippen molar-refractivity contribution in [1.29, 1.82) is 0 Å². The molecule has 0 unspecified atom stereocenters. The highest BCUT2D eigenvalue weighted by molar-refractivity contribution is 7.99. The second-order valence-corrected chi connectivity index (χ2v) is 7.89. The molecule has 3 heterocycles. The Morgan fingerprint density at radius 3 is 2.68 bits per heavy atom. The van der Waals surface area contributed by atoms with Crippen molar-refractivity contribution in [2.45, 2.75) is 25.0 Å². The molecule has 0 saturated heterocycles. The van der Waals surface area contributed by atoms with Gasteiger partial charge in [-0.15, -0.1) is 10.2 Å². The number of fused-ring (bicyclic) bond motifs is 2. The van der Waals surface area contributed by atoms with Crippen molar-refractivity contribution in [3.63, 3.8) is 0 Å². The largest absolute Gasteiger partial charge is 0.320 e. The average molecular weight is 409 g/mol. The molecule has 0 saturated carbocycles. The van der Waals surface area contributed by atoms with Gasteiger partial charge in [0.05, 0.1) is 23.3 Å². The summed E-state index contributed by atoms with van der Waals surface area (Å²) in [6.07, 6.45) is 0.851. The molecule has 8 heteroatoms. The van der Waals surface area contributed by atoms with Gasteiger partial charge in [0.1, 0.15) is 5.82 Å². The molecular weight excluding hydrogens is 392 g/mol. The van der Waals surface area contributed by atoms with E-state index >= 15 is 0 Å². The minimum Gasteiger partial charge on any atom is -0.320 e. The molecule has 28 heavy (non-hydrogen) atoms. The molecule has 6 nitrogen and oxygen atoms in total. The van der Waals surface area contributed by atoms with Gasteiger partial charge in [-0.1, -0.05) is 54.6 Å². The summed E-state index contributed by atoms with van der Waals surface area (Å²) in [5.74, 6) is 2.59. The standard InChI is InChI=1S/C20H17ClN6S/c1-2-18-22-15-5-3-4-6-17(15)26(18)11-19-23-24-20-27(19)25-16(12-28-20)13-7-9-14(21)10-8-13/h3-10H,2,11-12H2,1H3. The summed E-state index contributed by atoms with van der Waals surface area (Å²) >= 11 is 7.66. The molecule has 0 N–H and O–H groups in total. The summed E-state index contributed by atoms with van der Waals surface area (Å²) in [5.41, 5.74) is 4.14. The second-order valence-electron chi connectivity index (χ2n) is 6.51. The first kappa shape index (κ1) is 17.5. The number of hydrogen-bond acceptors (Lipinski definition) is 5. The summed E-state index contributed by atoms with van der Waals surface area (Å²) in [7, 11) is 0. The molecular formula is C20H17ClN6S. The van der Waals surface area contributed by atoms with Crippen molar-refractivity contribution in [3.05, 3.63) is 70.8 Å². The Labute approximate surface area is 171 Å². The zero-order valence-corrected chi connectivity index (χ0v) is 16.8. The molecule has 0 atom stereocenters. The van der Waals surface area contributed by atoms with Gasteiger partial charge >= 0.3 is 0 Å². The predicted octanol–water partition coefficient (Wildman–Crippen LogP) is 4.25. The van der Waals surface area contributed by atoms with Crippen LogP contribution in [-0.2, 0) is 13.0 Å². The van der Waals surface area contributed by atoms with Crippen LogP contribution in [0.3, 0.4) is 0 Å². The maximum atomic E-state index is 6.02. The van der Waals surface area contributed by atoms with E-state index in [1.54, 1.807) is 11.8 Å². The maximum absolute atomic E-state index is 6.02. The molecule has 0 spiro atoms. The molecule has 0 amide bonds. The van der Waals surface area contributed by atoms with Crippen molar-refractivity contribution in [2.24, 2.45) is 5.10 Å². The Kier molecular flexibility index (Phi) is 4.41. The molecule has 4 aromatic rings. The van der Waals surface area contributed by atoms with Gasteiger partial charge in [-0.3, -0.25) is 0 Å². The lowest BCUT2D eigenvalue weighted by atomic mass is 10.1. The smallest absolute Gasteiger partial charge is 0.212 e. The Morgan fingerprint density at radius 1 is 1.04 bits per heavy atom. The van der Waals surface area contributed by atoms with Crippen LogP contribution in [0.15, 0.2) is 58.8 Å². The fraction of sp³-hybridized carbons (Fsp3) is 0.200. The van der Waals surface area contributed by atoms with Crippen LogP contribution in [0.1, 0.15) is 24.1 Å². The van der Waals surface area contributed by atoms with E-state index in [2.05, 4.69) is 27.8 Å². The van der Waals surface area contributed by atoms with Gasteiger partial charge in [-0.25, -0.2) is 4.98 Å². The third kappa shape index (κ3) is 3.00. The highest BCUT2D eigenvalue weighted by Gasteiger charge is 2.21. The van der Waals surface area contributed by atoms with Crippen LogP contribution in [0.25, 0.3) is 11.0 Å². The molecule has 1 aliphatic heterocycles. The number of halogens is 1. The summed E-state index contributed by atoms with van der Waals surface area (Å²) in [6.45, 7) is 2.69. The van der Waals surface area contributed by atoms with E-state index in [0.29, 0.717) is 6.54 Å². The van der Waals surface area contributed by atoms with E-state index in [-0.39, 0.29) is 0 Å². The SMILES string of the molecule is CCc1nc2ccccc2n1Cc1nnc2n1N=C(c1ccc(Cl)cc1)CS2. The van der Waals surface area contributed by atoms with Crippen LogP contribution in [0, 0.1) is 0 Å². The minimum absolute atomic E-state index is 0.578. The fourth-order valence-corrected chi connectivity index (χ4v) is 4.35. The van der Waals surface area contributed by atoms with Gasteiger partial charge in [0.25, 0.3) is 0 Å². The first-order chi connectivity index (χ1) is 13.7. The Bertz CT molecular complexity index is 1190. The van der Waals surface area contributed by atoms with Crippen LogP contribution < -0.4 is 0 Å². The third-order valence-corrected chi connectivity index (χ3v) is 5.94. The van der Waals surface area contributed by atoms with Crippen molar-refractivity contribution < 1.29 is 0 Å². The highest BCUT2D eigenvalue weighted by atomic mass is 35.5. The highest BCUT2D eigenvalue weighted by Crippen LogP contribution is 2.26. The lowest BCUT2D eigenvalue weighted by Crippen LogP contribution is -2.16. The molecule has 0 aliphatic carbocycles. The van der Waals surface area contributed by atoms with Gasteiger partial charge in [-0.2, -0.15) is 9.78 Å². The number of thioether (sulfide) groups is 1. The Morgan fingerprint density at radius 2 is 1.86 bits per heavy atom. The molecule has 2 aromatic carbocycles. The second kappa shape index (κ2) is 7.07. The molecule has 0 bridgehead atoms. The van der Waals surface area contributed by atoms with E-state index in [1.807, 2.05) is 47.1 Å². The van der Waals surface area contributed by atoms with Crippen LogP contribution >= 0.6 is 23.4 Å². The summed E-state index contributed by atoms with van der Waals surface area (Å²) in [4.78, 5) is 4.75. The lowest BCUT2D eigenvalue weighted by Gasteiger charge is -2.14. The number of aryl methyl sites for hydroxylation is 1. The van der Waals surface area contributed by atoms with Crippen LogP contribution in [-0.4, -0.2) is 35.9 Å². The van der Waals surface area contributed by atoms with Crippen molar-refractivity contribution in [3.8, 4) is 0 Å². The van der Waals surface area contributed by atoms with E-state index in [9.17, 15) is 0 Å². The average Bonchev–Trinajstić information content (AvgIpc) is 3.30. The Hall–Kier alpha value is -2.64. The van der Waals surface area contributed by atoms with Gasteiger partial charge in [0.15, 0.2) is 5.82 Å². The molecule has 0 radical (unpaired) electrons. The topological polar surface area (TPSA) is 60.9 Å². The van der Waals surface area contributed by atoms with E-state index in [1.165, 1.54) is 0 Å². The zero-order chi connectivity index (χ0) is 19.1. The summed E-state index contributed by atoms with van der Waals surface area (Å²) in [5, 5.41) is 15.1. The normalized spacial score (nSPS) is 13.6. The number of nitrogens with zero attached hydrogens (tertiary/aromatic N) is 6. The number of benzene rings is 2. The van der Waals surface area contributed by atoms with E-state index < -0.39 is 0 Å². The minimum atomic E-state index is 0.578. The molecule has 5 rings (SSSR count). The first-order valence-electron chi connectivity index (χ1n) is 9.08. The molecule has 2 aromatic heterocycles. The number of para-hydroxylation sites is 2. The Balaban J connectivity index is 1.55. The number of hydrogen-bond donors (Lipinski definition) is 0. The molecule has 0 fully saturated rings. The predicted molar refractivity (Wildman–Crippen MR) is 112 cm³/mol. The zero-order valence-electron chi connectivity index (χ0n) is 15.2. The van der Waals surface area contributed by atoms with Crippen LogP contribution in [0.4, 0.5) is 0 Å². The van der Waals surface area contributed by atoms with Crippen LogP contribution in [0.2, 0.25) is 5.02 Å². The van der Waals surface area contributed by atoms with Gasteiger partial charge in [0, 0.05) is 17.2 Å². The monoisotopic (exact) mass is 408 g/mol. The lowest BCUT2D eigenvalue weighted by molar-refractivity contribution is 0.650. The van der Waals surface area contributed by atoms with Crippen molar-refractivity contribution >= 4 is 40.1 Å². The first-order valence-corrected chi connectivity index (χ1v) is 10.4. The van der Waals surface area contributed by atoms with Crippen molar-refractivity contribution in [1.82, 2.24) is 24.4 Å². The number of aromatic nitrogens is 5. The quantitative estimate of drug-likeness (QED) is 0.506. The fourth-order valence-electron chi connectivity index (χ4n) is 3.36. The maximum Gasteiger partial charge on any atom is 0.212 e. The third-order valence-electron chi connectivity index (χ3n) is 4.76. The van der Waals surface area contributed by atoms with E-state index in [0.717, 1.165) is 56.3 Å². The number of rotatable bonds is 4. The summed E-state index contributed by atoms with van der Waals surface area (Å²) < 4.78 is 4.05. The summed E-state index contributed by atoms with van der Waals surface area (Å²) in [6, 6.07) is 15.9. The van der Waals surface area contributed by atoms with Crippen molar-refractivity contribution in [2.75, 3.05) is 5.75 Å². The van der Waals surface area contributed by atoms with Gasteiger partial charge in [-0.05, 0) is 29.8 Å². The number of imidazole rings is 1.